The molecule has 10 heteroatoms. The van der Waals surface area contributed by atoms with Gasteiger partial charge in [0.1, 0.15) is 11.1 Å². The van der Waals surface area contributed by atoms with Crippen LogP contribution in [0, 0.1) is 5.82 Å². The van der Waals surface area contributed by atoms with Crippen molar-refractivity contribution in [1.82, 2.24) is 10.6 Å². The van der Waals surface area contributed by atoms with Crippen LogP contribution < -0.4 is 16.0 Å². The summed E-state index contributed by atoms with van der Waals surface area (Å²) < 4.78 is 18.3. The predicted molar refractivity (Wildman–Crippen MR) is 115 cm³/mol. The number of hydrogen-bond acceptors (Lipinski definition) is 6. The molecule has 0 spiro atoms. The van der Waals surface area contributed by atoms with Gasteiger partial charge in [-0.1, -0.05) is 30.3 Å². The van der Waals surface area contributed by atoms with Gasteiger partial charge in [0, 0.05) is 18.3 Å². The molecule has 4 amide bonds. The first kappa shape index (κ1) is 23.9. The van der Waals surface area contributed by atoms with Gasteiger partial charge in [-0.05, 0) is 31.2 Å². The third kappa shape index (κ3) is 7.74. The first-order valence-electron chi connectivity index (χ1n) is 9.25. The lowest BCUT2D eigenvalue weighted by atomic mass is 10.1. The molecule has 0 aliphatic heterocycles. The van der Waals surface area contributed by atoms with Gasteiger partial charge in [0.05, 0.1) is 5.75 Å². The highest BCUT2D eigenvalue weighted by Gasteiger charge is 2.28. The first-order valence-corrected chi connectivity index (χ1v) is 10.3. The molecule has 0 fully saturated rings. The van der Waals surface area contributed by atoms with Crippen LogP contribution in [0.5, 0.6) is 0 Å². The molecule has 2 aromatic carbocycles. The summed E-state index contributed by atoms with van der Waals surface area (Å²) in [5.74, 6) is -2.38. The topological polar surface area (TPSA) is 114 Å². The Labute approximate surface area is 182 Å². The largest absolute Gasteiger partial charge is 0.446 e. The number of benzene rings is 2. The highest BCUT2D eigenvalue weighted by molar-refractivity contribution is 8.01. The van der Waals surface area contributed by atoms with Crippen LogP contribution in [0.15, 0.2) is 54.6 Å². The van der Waals surface area contributed by atoms with Crippen molar-refractivity contribution in [2.75, 3.05) is 18.1 Å². The number of urea groups is 1. The minimum Gasteiger partial charge on any atom is -0.446 e. The van der Waals surface area contributed by atoms with Crippen molar-refractivity contribution in [1.29, 1.82) is 0 Å². The quantitative estimate of drug-likeness (QED) is 0.536. The van der Waals surface area contributed by atoms with Crippen molar-refractivity contribution in [2.24, 2.45) is 0 Å². The fourth-order valence-corrected chi connectivity index (χ4v) is 3.02. The van der Waals surface area contributed by atoms with Gasteiger partial charge in [-0.15, -0.1) is 11.8 Å². The molecular formula is C21H22FN3O5S. The molecule has 2 atom stereocenters. The molecule has 8 nitrogen and oxygen atoms in total. The Bertz CT molecular complexity index is 924. The van der Waals surface area contributed by atoms with Crippen molar-refractivity contribution >= 4 is 41.3 Å². The van der Waals surface area contributed by atoms with Gasteiger partial charge in [-0.3, -0.25) is 19.7 Å². The zero-order valence-electron chi connectivity index (χ0n) is 16.9. The molecule has 2 rings (SSSR count). The highest BCUT2D eigenvalue weighted by Crippen LogP contribution is 2.21. The number of imide groups is 1. The molecule has 0 unspecified atom stereocenters. The van der Waals surface area contributed by atoms with Gasteiger partial charge < -0.3 is 15.4 Å². The van der Waals surface area contributed by atoms with E-state index < -0.39 is 35.1 Å². The first-order chi connectivity index (χ1) is 14.8. The molecular weight excluding hydrogens is 425 g/mol. The third-order valence-corrected chi connectivity index (χ3v) is 5.08. The molecule has 3 N–H and O–H groups in total. The normalized spacial score (nSPS) is 12.2. The molecule has 164 valence electrons. The Balaban J connectivity index is 1.95. The lowest BCUT2D eigenvalue weighted by molar-refractivity contribution is -0.155. The third-order valence-electron chi connectivity index (χ3n) is 3.96. The monoisotopic (exact) mass is 447 g/mol. The number of hydrogen-bond donors (Lipinski definition) is 3. The second-order valence-corrected chi connectivity index (χ2v) is 7.63. The van der Waals surface area contributed by atoms with E-state index in [1.54, 1.807) is 30.3 Å². The molecule has 0 aromatic heterocycles. The maximum atomic E-state index is 12.9. The zero-order chi connectivity index (χ0) is 22.8. The maximum Gasteiger partial charge on any atom is 0.321 e. The molecule has 0 aliphatic rings. The molecule has 0 aliphatic carbocycles. The zero-order valence-corrected chi connectivity index (χ0v) is 17.7. The molecule has 31 heavy (non-hydrogen) atoms. The summed E-state index contributed by atoms with van der Waals surface area (Å²) >= 11 is 1.01. The van der Waals surface area contributed by atoms with Crippen LogP contribution >= 0.6 is 11.8 Å². The van der Waals surface area contributed by atoms with Crippen molar-refractivity contribution in [3.8, 4) is 0 Å². The standard InChI is InChI=1S/C21H22FN3O5S/c1-13(31-12-17(26)24-16-10-8-15(22)9-11-16)20(28)30-18(14-6-4-3-5-7-14)19(27)25-21(29)23-2/h3-11,13,18H,12H2,1-2H3,(H,24,26)(H2,23,25,27,29)/t13-,18-/m1/s1. The number of carbonyl (C=O) groups is 4. The lowest BCUT2D eigenvalue weighted by Crippen LogP contribution is -2.41. The Morgan fingerprint density at radius 2 is 1.68 bits per heavy atom. The number of nitrogens with one attached hydrogen (secondary N) is 3. The van der Waals surface area contributed by atoms with E-state index in [4.69, 9.17) is 4.74 Å². The Morgan fingerprint density at radius 3 is 2.29 bits per heavy atom. The minimum atomic E-state index is -1.33. The predicted octanol–water partition coefficient (Wildman–Crippen LogP) is 2.63. The van der Waals surface area contributed by atoms with Crippen LogP contribution in [0.2, 0.25) is 0 Å². The second kappa shape index (κ2) is 11.7. The van der Waals surface area contributed by atoms with Crippen LogP contribution in [0.3, 0.4) is 0 Å². The Hall–Kier alpha value is -3.40. The van der Waals surface area contributed by atoms with Gasteiger partial charge in [0.15, 0.2) is 0 Å². The van der Waals surface area contributed by atoms with E-state index in [1.165, 1.54) is 38.2 Å². The number of thioether (sulfide) groups is 1. The van der Waals surface area contributed by atoms with Crippen LogP contribution in [0.4, 0.5) is 14.9 Å². The Morgan fingerprint density at radius 1 is 1.03 bits per heavy atom. The summed E-state index contributed by atoms with van der Waals surface area (Å²) in [6.45, 7) is 1.54. The molecule has 2 aromatic rings. The lowest BCUT2D eigenvalue weighted by Gasteiger charge is -2.19. The van der Waals surface area contributed by atoms with Crippen molar-refractivity contribution in [2.45, 2.75) is 18.3 Å². The molecule has 0 saturated heterocycles. The average Bonchev–Trinajstić information content (AvgIpc) is 2.77. The number of esters is 1. The van der Waals surface area contributed by atoms with Crippen LogP contribution in [-0.4, -0.2) is 41.9 Å². The summed E-state index contributed by atoms with van der Waals surface area (Å²) in [4.78, 5) is 48.4. The van der Waals surface area contributed by atoms with Crippen LogP contribution in [0.25, 0.3) is 0 Å². The van der Waals surface area contributed by atoms with Gasteiger partial charge in [-0.2, -0.15) is 0 Å². The average molecular weight is 447 g/mol. The number of amides is 4. The number of ether oxygens (including phenoxy) is 1. The smallest absolute Gasteiger partial charge is 0.321 e. The Kier molecular flexibility index (Phi) is 9.01. The summed E-state index contributed by atoms with van der Waals surface area (Å²) in [5, 5.41) is 6.17. The van der Waals surface area contributed by atoms with Crippen molar-refractivity contribution < 1.29 is 28.3 Å². The molecule has 0 bridgehead atoms. The molecule has 0 heterocycles. The van der Waals surface area contributed by atoms with Crippen LogP contribution in [-0.2, 0) is 19.1 Å². The van der Waals surface area contributed by atoms with E-state index in [9.17, 15) is 23.6 Å². The summed E-state index contributed by atoms with van der Waals surface area (Å²) in [6.07, 6.45) is -1.33. The number of anilines is 1. The summed E-state index contributed by atoms with van der Waals surface area (Å²) in [5.41, 5.74) is 0.820. The van der Waals surface area contributed by atoms with Crippen LogP contribution in [0.1, 0.15) is 18.6 Å². The van der Waals surface area contributed by atoms with E-state index >= 15 is 0 Å². The van der Waals surface area contributed by atoms with Gasteiger partial charge in [-0.25, -0.2) is 9.18 Å². The van der Waals surface area contributed by atoms with Crippen molar-refractivity contribution in [3.63, 3.8) is 0 Å². The number of halogens is 1. The van der Waals surface area contributed by atoms with Crippen molar-refractivity contribution in [3.05, 3.63) is 66.0 Å². The van der Waals surface area contributed by atoms with E-state index in [1.807, 2.05) is 0 Å². The van der Waals surface area contributed by atoms with E-state index in [0.717, 1.165) is 11.8 Å². The van der Waals surface area contributed by atoms with Gasteiger partial charge in [0.25, 0.3) is 5.91 Å². The maximum absolute atomic E-state index is 12.9. The SMILES string of the molecule is CNC(=O)NC(=O)[C@H](OC(=O)[C@@H](C)SCC(=O)Nc1ccc(F)cc1)c1ccccc1. The molecule has 0 saturated carbocycles. The number of carbonyl (C=O) groups excluding carboxylic acids is 4. The molecule has 0 radical (unpaired) electrons. The summed E-state index contributed by atoms with van der Waals surface area (Å²) in [7, 11) is 1.35. The van der Waals surface area contributed by atoms with E-state index in [-0.39, 0.29) is 11.7 Å². The van der Waals surface area contributed by atoms with Gasteiger partial charge >= 0.3 is 12.0 Å². The fourth-order valence-electron chi connectivity index (χ4n) is 2.35. The van der Waals surface area contributed by atoms with E-state index in [2.05, 4.69) is 16.0 Å². The minimum absolute atomic E-state index is 0.0614. The fraction of sp³-hybridized carbons (Fsp3) is 0.238. The van der Waals surface area contributed by atoms with E-state index in [0.29, 0.717) is 11.3 Å². The number of rotatable bonds is 8. The summed E-state index contributed by atoms with van der Waals surface area (Å²) in [6, 6.07) is 12.8. The van der Waals surface area contributed by atoms with Gasteiger partial charge in [0.2, 0.25) is 12.0 Å². The second-order valence-electron chi connectivity index (χ2n) is 6.30. The highest BCUT2D eigenvalue weighted by atomic mass is 32.2.